The maximum Gasteiger partial charge on any atom is 0.191 e. The van der Waals surface area contributed by atoms with Gasteiger partial charge in [-0.3, -0.25) is 9.98 Å². The average molecular weight is 328 g/mol. The number of benzene rings is 1. The van der Waals surface area contributed by atoms with Crippen molar-refractivity contribution in [1.29, 1.82) is 0 Å². The van der Waals surface area contributed by atoms with Crippen molar-refractivity contribution in [1.82, 2.24) is 15.6 Å². The Kier molecular flexibility index (Phi) is 6.29. The van der Waals surface area contributed by atoms with Gasteiger partial charge in [-0.1, -0.05) is 32.0 Å². The second-order valence-electron chi connectivity index (χ2n) is 6.31. The first kappa shape index (κ1) is 17.9. The van der Waals surface area contributed by atoms with Gasteiger partial charge >= 0.3 is 0 Å². The molecule has 0 aliphatic rings. The molecule has 128 valence electrons. The van der Waals surface area contributed by atoms with Crippen LogP contribution in [0.15, 0.2) is 53.7 Å². The Balaban J connectivity index is 1.83. The summed E-state index contributed by atoms with van der Waals surface area (Å²) in [5, 5.41) is 6.62. The maximum absolute atomic E-state index is 13.1. The number of rotatable bonds is 6. The monoisotopic (exact) mass is 328 g/mol. The molecule has 1 aromatic heterocycles. The Hall–Kier alpha value is -2.43. The second kappa shape index (κ2) is 8.43. The standard InChI is InChI=1S/C19H25FN4/c1-19(2,15-7-9-16(20)10-8-15)14-24-18(21-3)23-13-11-17-6-4-5-12-22-17/h4-10,12H,11,13-14H2,1-3H3,(H2,21,23,24). The smallest absolute Gasteiger partial charge is 0.191 e. The molecule has 0 bridgehead atoms. The lowest BCUT2D eigenvalue weighted by atomic mass is 9.84. The van der Waals surface area contributed by atoms with Crippen LogP contribution < -0.4 is 10.6 Å². The van der Waals surface area contributed by atoms with Crippen LogP contribution in [0.4, 0.5) is 4.39 Å². The summed E-state index contributed by atoms with van der Waals surface area (Å²) in [5.41, 5.74) is 2.00. The van der Waals surface area contributed by atoms with Crippen LogP contribution in [-0.4, -0.2) is 31.1 Å². The zero-order valence-electron chi connectivity index (χ0n) is 14.5. The lowest BCUT2D eigenvalue weighted by Gasteiger charge is -2.26. The van der Waals surface area contributed by atoms with Crippen molar-refractivity contribution in [2.45, 2.75) is 25.7 Å². The molecule has 0 saturated carbocycles. The highest BCUT2D eigenvalue weighted by molar-refractivity contribution is 5.79. The summed E-state index contributed by atoms with van der Waals surface area (Å²) in [7, 11) is 1.75. The molecule has 0 atom stereocenters. The minimum atomic E-state index is -0.213. The van der Waals surface area contributed by atoms with Gasteiger partial charge in [-0.2, -0.15) is 0 Å². The van der Waals surface area contributed by atoms with Gasteiger partial charge in [-0.15, -0.1) is 0 Å². The molecule has 0 unspecified atom stereocenters. The van der Waals surface area contributed by atoms with E-state index >= 15 is 0 Å². The van der Waals surface area contributed by atoms with Gasteiger partial charge in [-0.05, 0) is 29.8 Å². The van der Waals surface area contributed by atoms with E-state index in [1.165, 1.54) is 12.1 Å². The van der Waals surface area contributed by atoms with Crippen molar-refractivity contribution in [2.24, 2.45) is 4.99 Å². The Morgan fingerprint density at radius 2 is 1.88 bits per heavy atom. The van der Waals surface area contributed by atoms with E-state index in [2.05, 4.69) is 34.5 Å². The van der Waals surface area contributed by atoms with Crippen LogP contribution in [-0.2, 0) is 11.8 Å². The number of guanidine groups is 1. The molecule has 2 aromatic rings. The van der Waals surface area contributed by atoms with Crippen LogP contribution in [0.2, 0.25) is 0 Å². The first-order valence-electron chi connectivity index (χ1n) is 8.12. The predicted octanol–water partition coefficient (Wildman–Crippen LogP) is 2.91. The summed E-state index contributed by atoms with van der Waals surface area (Å²) in [5.74, 6) is 0.538. The molecule has 2 N–H and O–H groups in total. The van der Waals surface area contributed by atoms with Crippen molar-refractivity contribution >= 4 is 5.96 Å². The molecule has 1 heterocycles. The Bertz CT molecular complexity index is 651. The van der Waals surface area contributed by atoms with E-state index in [0.29, 0.717) is 6.54 Å². The van der Waals surface area contributed by atoms with Gasteiger partial charge < -0.3 is 10.6 Å². The summed E-state index contributed by atoms with van der Waals surface area (Å²) >= 11 is 0. The lowest BCUT2D eigenvalue weighted by molar-refractivity contribution is 0.507. The third-order valence-electron chi connectivity index (χ3n) is 3.95. The molecule has 5 heteroatoms. The molecule has 0 radical (unpaired) electrons. The fraction of sp³-hybridized carbons (Fsp3) is 0.368. The van der Waals surface area contributed by atoms with Crippen LogP contribution in [0.25, 0.3) is 0 Å². The number of pyridine rings is 1. The summed E-state index contributed by atoms with van der Waals surface area (Å²) in [4.78, 5) is 8.55. The summed E-state index contributed by atoms with van der Waals surface area (Å²) in [6.45, 7) is 5.69. The zero-order chi connectivity index (χ0) is 17.4. The minimum absolute atomic E-state index is 0.133. The van der Waals surface area contributed by atoms with Crippen LogP contribution >= 0.6 is 0 Å². The molecule has 0 spiro atoms. The summed E-state index contributed by atoms with van der Waals surface area (Å²) < 4.78 is 13.1. The third-order valence-corrected chi connectivity index (χ3v) is 3.95. The Labute approximate surface area is 143 Å². The van der Waals surface area contributed by atoms with Gasteiger partial charge in [0.1, 0.15) is 5.82 Å². The van der Waals surface area contributed by atoms with Gasteiger partial charge in [0.25, 0.3) is 0 Å². The predicted molar refractivity (Wildman–Crippen MR) is 96.7 cm³/mol. The Morgan fingerprint density at radius 1 is 1.12 bits per heavy atom. The molecule has 0 aliphatic carbocycles. The molecular weight excluding hydrogens is 303 g/mol. The largest absolute Gasteiger partial charge is 0.356 e. The number of nitrogens with one attached hydrogen (secondary N) is 2. The van der Waals surface area contributed by atoms with E-state index in [1.807, 2.05) is 30.3 Å². The van der Waals surface area contributed by atoms with E-state index in [4.69, 9.17) is 0 Å². The average Bonchev–Trinajstić information content (AvgIpc) is 2.59. The van der Waals surface area contributed by atoms with E-state index in [1.54, 1.807) is 13.2 Å². The SMILES string of the molecule is CN=C(NCCc1ccccn1)NCC(C)(C)c1ccc(F)cc1. The molecular formula is C19H25FN4. The zero-order valence-corrected chi connectivity index (χ0v) is 14.5. The second-order valence-corrected chi connectivity index (χ2v) is 6.31. The fourth-order valence-electron chi connectivity index (χ4n) is 2.38. The van der Waals surface area contributed by atoms with Crippen molar-refractivity contribution in [3.8, 4) is 0 Å². The lowest BCUT2D eigenvalue weighted by Crippen LogP contribution is -2.44. The van der Waals surface area contributed by atoms with Gasteiger partial charge in [0, 0.05) is 43.9 Å². The molecule has 4 nitrogen and oxygen atoms in total. The van der Waals surface area contributed by atoms with Gasteiger partial charge in [0.2, 0.25) is 0 Å². The topological polar surface area (TPSA) is 49.3 Å². The fourth-order valence-corrected chi connectivity index (χ4v) is 2.38. The molecule has 0 aliphatic heterocycles. The van der Waals surface area contributed by atoms with Crippen LogP contribution in [0.1, 0.15) is 25.1 Å². The van der Waals surface area contributed by atoms with Gasteiger partial charge in [0.15, 0.2) is 5.96 Å². The minimum Gasteiger partial charge on any atom is -0.356 e. The number of halogens is 1. The van der Waals surface area contributed by atoms with E-state index in [0.717, 1.165) is 30.2 Å². The van der Waals surface area contributed by atoms with E-state index in [9.17, 15) is 4.39 Å². The molecule has 1 aromatic carbocycles. The number of aliphatic imine (C=N–C) groups is 1. The summed E-state index contributed by atoms with van der Waals surface area (Å²) in [6.07, 6.45) is 2.64. The van der Waals surface area contributed by atoms with Crippen LogP contribution in [0.3, 0.4) is 0 Å². The highest BCUT2D eigenvalue weighted by atomic mass is 19.1. The van der Waals surface area contributed by atoms with Crippen molar-refractivity contribution in [3.63, 3.8) is 0 Å². The number of aromatic nitrogens is 1. The molecule has 24 heavy (non-hydrogen) atoms. The van der Waals surface area contributed by atoms with Crippen molar-refractivity contribution < 1.29 is 4.39 Å². The van der Waals surface area contributed by atoms with Crippen LogP contribution in [0, 0.1) is 5.82 Å². The number of nitrogens with zero attached hydrogens (tertiary/aromatic N) is 2. The Morgan fingerprint density at radius 3 is 2.50 bits per heavy atom. The maximum atomic E-state index is 13.1. The quantitative estimate of drug-likeness (QED) is 0.633. The van der Waals surface area contributed by atoms with E-state index in [-0.39, 0.29) is 11.2 Å². The number of hydrogen-bond acceptors (Lipinski definition) is 2. The van der Waals surface area contributed by atoms with Gasteiger partial charge in [0.05, 0.1) is 0 Å². The van der Waals surface area contributed by atoms with Crippen LogP contribution in [0.5, 0.6) is 0 Å². The molecule has 0 fully saturated rings. The number of hydrogen-bond donors (Lipinski definition) is 2. The first-order valence-corrected chi connectivity index (χ1v) is 8.12. The molecule has 2 rings (SSSR count). The highest BCUT2D eigenvalue weighted by Gasteiger charge is 2.20. The molecule has 0 saturated heterocycles. The molecule has 0 amide bonds. The van der Waals surface area contributed by atoms with Crippen molar-refractivity contribution in [3.05, 3.63) is 65.7 Å². The van der Waals surface area contributed by atoms with E-state index < -0.39 is 0 Å². The third kappa shape index (κ3) is 5.33. The van der Waals surface area contributed by atoms with Crippen molar-refractivity contribution in [2.75, 3.05) is 20.1 Å². The first-order chi connectivity index (χ1) is 11.5. The van der Waals surface area contributed by atoms with Gasteiger partial charge in [-0.25, -0.2) is 4.39 Å². The highest BCUT2D eigenvalue weighted by Crippen LogP contribution is 2.22. The summed E-state index contributed by atoms with van der Waals surface area (Å²) in [6, 6.07) is 12.6. The normalized spacial score (nSPS) is 12.1.